The first-order chi connectivity index (χ1) is 6.96. The highest BCUT2D eigenvalue weighted by molar-refractivity contribution is 7.48. The Morgan fingerprint density at radius 2 is 1.67 bits per heavy atom. The van der Waals surface area contributed by atoms with E-state index in [1.54, 1.807) is 0 Å². The number of fused-ring (bicyclic) bond motifs is 3. The van der Waals surface area contributed by atoms with E-state index in [1.807, 2.05) is 0 Å². The Morgan fingerprint density at radius 1 is 1.20 bits per heavy atom. The van der Waals surface area contributed by atoms with Crippen molar-refractivity contribution in [3.05, 3.63) is 0 Å². The fourth-order valence-corrected chi connectivity index (χ4v) is 2.71. The average molecular weight is 235 g/mol. The lowest BCUT2D eigenvalue weighted by Crippen LogP contribution is -2.50. The van der Waals surface area contributed by atoms with E-state index in [0.29, 0.717) is 0 Å². The predicted octanol–water partition coefficient (Wildman–Crippen LogP) is -1.04. The van der Waals surface area contributed by atoms with Gasteiger partial charge in [-0.05, 0) is 0 Å². The molecule has 0 saturated carbocycles. The van der Waals surface area contributed by atoms with Crippen LogP contribution in [-0.4, -0.2) is 31.7 Å². The number of carbonyl (C=O) groups is 1. The second-order valence-electron chi connectivity index (χ2n) is 3.39. The lowest BCUT2D eigenvalue weighted by molar-refractivity contribution is -0.148. The number of carbonyl (C=O) groups excluding carboxylic acids is 1. The van der Waals surface area contributed by atoms with E-state index in [4.69, 9.17) is 25.0 Å². The molecule has 0 atom stereocenters. The molecule has 15 heavy (non-hydrogen) atoms. The van der Waals surface area contributed by atoms with E-state index in [9.17, 15) is 9.36 Å². The molecule has 4 N–H and O–H groups in total. The van der Waals surface area contributed by atoms with Crippen LogP contribution in [0.3, 0.4) is 0 Å². The van der Waals surface area contributed by atoms with E-state index in [0.717, 1.165) is 0 Å². The third-order valence-corrected chi connectivity index (χ3v) is 3.52. The number of phosphoric ester groups is 1. The van der Waals surface area contributed by atoms with Crippen molar-refractivity contribution in [2.75, 3.05) is 19.8 Å². The number of phosphoric acid groups is 1. The molecule has 0 aromatic carbocycles. The van der Waals surface area contributed by atoms with Gasteiger partial charge in [0.05, 0.1) is 19.8 Å². The van der Waals surface area contributed by atoms with Gasteiger partial charge in [0.25, 0.3) is 5.91 Å². The Kier molecular flexibility index (Phi) is 2.31. The van der Waals surface area contributed by atoms with E-state index in [2.05, 4.69) is 4.99 Å². The number of aliphatic imine (C=N–C) groups is 1. The molecule has 3 aliphatic heterocycles. The van der Waals surface area contributed by atoms with E-state index in [1.165, 1.54) is 0 Å². The summed E-state index contributed by atoms with van der Waals surface area (Å²) in [5, 5.41) is 0. The molecule has 2 bridgehead atoms. The van der Waals surface area contributed by atoms with Crippen LogP contribution in [0, 0.1) is 5.41 Å². The van der Waals surface area contributed by atoms with E-state index >= 15 is 0 Å². The maximum absolute atomic E-state index is 11.6. The van der Waals surface area contributed by atoms with Gasteiger partial charge >= 0.3 is 7.82 Å². The second-order valence-corrected chi connectivity index (χ2v) is 5.06. The molecule has 0 unspecified atom stereocenters. The van der Waals surface area contributed by atoms with Crippen LogP contribution < -0.4 is 11.5 Å². The maximum atomic E-state index is 11.6. The van der Waals surface area contributed by atoms with Gasteiger partial charge in [-0.15, -0.1) is 0 Å². The first-order valence-corrected chi connectivity index (χ1v) is 5.60. The molecule has 1 amide bonds. The topological polar surface area (TPSA) is 126 Å². The van der Waals surface area contributed by atoms with Crippen LogP contribution >= 0.6 is 7.82 Å². The lowest BCUT2D eigenvalue weighted by atomic mass is 9.90. The summed E-state index contributed by atoms with van der Waals surface area (Å²) in [5.74, 6) is -0.929. The Hall–Kier alpha value is -0.950. The Balaban J connectivity index is 2.19. The van der Waals surface area contributed by atoms with Gasteiger partial charge in [-0.2, -0.15) is 4.99 Å². The van der Waals surface area contributed by atoms with Gasteiger partial charge in [0, 0.05) is 0 Å². The molecule has 3 aliphatic rings. The summed E-state index contributed by atoms with van der Waals surface area (Å²) >= 11 is 0. The third kappa shape index (κ3) is 1.76. The molecular weight excluding hydrogens is 225 g/mol. The van der Waals surface area contributed by atoms with Crippen molar-refractivity contribution in [1.29, 1.82) is 0 Å². The molecule has 9 heteroatoms. The largest absolute Gasteiger partial charge is 0.474 e. The summed E-state index contributed by atoms with van der Waals surface area (Å²) in [4.78, 5) is 15.0. The standard InChI is InChI=1S/C6H10N3O5P/c7-5(8)9-4(10)6-1-12-15(11,13-2-6)14-3-6/h1-3H2,(H4,7,8,9,10). The molecule has 0 aliphatic carbocycles. The summed E-state index contributed by atoms with van der Waals surface area (Å²) in [6, 6.07) is 0. The normalized spacial score (nSPS) is 38.7. The van der Waals surface area contributed by atoms with Crippen molar-refractivity contribution < 1.29 is 22.9 Å². The molecule has 3 fully saturated rings. The van der Waals surface area contributed by atoms with Crippen LogP contribution in [0.25, 0.3) is 0 Å². The maximum Gasteiger partial charge on any atom is 0.474 e. The molecule has 3 rings (SSSR count). The van der Waals surface area contributed by atoms with Crippen molar-refractivity contribution in [2.45, 2.75) is 0 Å². The highest BCUT2D eigenvalue weighted by atomic mass is 31.2. The molecule has 3 heterocycles. The number of rotatable bonds is 1. The van der Waals surface area contributed by atoms with Crippen molar-refractivity contribution in [3.8, 4) is 0 Å². The first-order valence-electron chi connectivity index (χ1n) is 4.14. The number of nitrogens with zero attached hydrogens (tertiary/aromatic N) is 1. The second kappa shape index (κ2) is 3.28. The van der Waals surface area contributed by atoms with Gasteiger partial charge in [0.2, 0.25) is 0 Å². The molecule has 0 aromatic rings. The van der Waals surface area contributed by atoms with Crippen LogP contribution in [-0.2, 0) is 22.9 Å². The van der Waals surface area contributed by atoms with Crippen LogP contribution in [0.2, 0.25) is 0 Å². The summed E-state index contributed by atoms with van der Waals surface area (Å²) in [7, 11) is -3.41. The Bertz CT molecular complexity index is 346. The quantitative estimate of drug-likeness (QED) is 0.337. The van der Waals surface area contributed by atoms with Crippen LogP contribution in [0.5, 0.6) is 0 Å². The van der Waals surface area contributed by atoms with Gasteiger partial charge in [-0.3, -0.25) is 18.4 Å². The zero-order chi connectivity index (χ0) is 11.1. The number of hydrogen-bond acceptors (Lipinski definition) is 5. The zero-order valence-corrected chi connectivity index (χ0v) is 8.61. The van der Waals surface area contributed by atoms with Crippen LogP contribution in [0.15, 0.2) is 4.99 Å². The average Bonchev–Trinajstić information content (AvgIpc) is 2.18. The minimum Gasteiger partial charge on any atom is -0.370 e. The SMILES string of the molecule is NC(N)=NC(=O)C12COP(=O)(OC1)OC2. The Morgan fingerprint density at radius 3 is 2.07 bits per heavy atom. The van der Waals surface area contributed by atoms with Gasteiger partial charge < -0.3 is 11.5 Å². The Labute approximate surface area is 85.2 Å². The smallest absolute Gasteiger partial charge is 0.370 e. The number of nitrogens with two attached hydrogens (primary N) is 2. The third-order valence-electron chi connectivity index (χ3n) is 2.18. The molecule has 0 aromatic heterocycles. The molecular formula is C6H10N3O5P. The zero-order valence-electron chi connectivity index (χ0n) is 7.71. The number of guanidine groups is 1. The predicted molar refractivity (Wildman–Crippen MR) is 48.7 cm³/mol. The number of hydrogen-bond donors (Lipinski definition) is 2. The van der Waals surface area contributed by atoms with Crippen LogP contribution in [0.1, 0.15) is 0 Å². The summed E-state index contributed by atoms with van der Waals surface area (Å²) < 4.78 is 25.8. The molecule has 0 spiro atoms. The van der Waals surface area contributed by atoms with Crippen molar-refractivity contribution >= 4 is 19.7 Å². The highest BCUT2D eigenvalue weighted by Gasteiger charge is 2.55. The fraction of sp³-hybridized carbons (Fsp3) is 0.667. The molecule has 0 radical (unpaired) electrons. The van der Waals surface area contributed by atoms with Gasteiger partial charge in [-0.1, -0.05) is 0 Å². The monoisotopic (exact) mass is 235 g/mol. The van der Waals surface area contributed by atoms with Crippen LogP contribution in [0.4, 0.5) is 0 Å². The summed E-state index contributed by atoms with van der Waals surface area (Å²) in [5.41, 5.74) is 9.09. The fourth-order valence-electron chi connectivity index (χ4n) is 1.27. The molecule has 84 valence electrons. The first kappa shape index (κ1) is 10.6. The molecule has 8 nitrogen and oxygen atoms in total. The summed E-state index contributed by atoms with van der Waals surface area (Å²) in [6.45, 7) is -0.167. The minimum absolute atomic E-state index is 0.0557. The minimum atomic E-state index is -3.41. The van der Waals surface area contributed by atoms with Gasteiger partial charge in [0.15, 0.2) is 5.96 Å². The van der Waals surface area contributed by atoms with Crippen molar-refractivity contribution in [3.63, 3.8) is 0 Å². The van der Waals surface area contributed by atoms with Crippen molar-refractivity contribution in [2.24, 2.45) is 21.9 Å². The summed E-state index contributed by atoms with van der Waals surface area (Å²) in [6.07, 6.45) is 0. The van der Waals surface area contributed by atoms with E-state index in [-0.39, 0.29) is 25.8 Å². The van der Waals surface area contributed by atoms with Gasteiger partial charge in [-0.25, -0.2) is 4.57 Å². The lowest BCUT2D eigenvalue weighted by Gasteiger charge is -2.41. The highest BCUT2D eigenvalue weighted by Crippen LogP contribution is 2.60. The number of amides is 1. The van der Waals surface area contributed by atoms with Gasteiger partial charge in [0.1, 0.15) is 5.41 Å². The molecule has 3 saturated heterocycles. The van der Waals surface area contributed by atoms with E-state index < -0.39 is 19.1 Å². The van der Waals surface area contributed by atoms with Crippen molar-refractivity contribution in [1.82, 2.24) is 0 Å².